The summed E-state index contributed by atoms with van der Waals surface area (Å²) < 4.78 is 0. The number of nitriles is 1. The summed E-state index contributed by atoms with van der Waals surface area (Å²) in [5.41, 5.74) is -0.352. The average molecular weight is 248 g/mol. The van der Waals surface area contributed by atoms with Gasteiger partial charge in [0.25, 0.3) is 0 Å². The fourth-order valence-corrected chi connectivity index (χ4v) is 3.37. The van der Waals surface area contributed by atoms with Crippen molar-refractivity contribution >= 4 is 5.91 Å². The molecule has 1 saturated carbocycles. The van der Waals surface area contributed by atoms with Crippen molar-refractivity contribution in [3.8, 4) is 6.07 Å². The minimum absolute atomic E-state index is 0.0980. The van der Waals surface area contributed by atoms with E-state index in [1.54, 1.807) is 0 Å². The smallest absolute Gasteiger partial charge is 0.243 e. The molecule has 0 aromatic carbocycles. The van der Waals surface area contributed by atoms with Crippen LogP contribution in [0.4, 0.5) is 0 Å². The molecule has 0 aromatic rings. The molecule has 1 aliphatic heterocycles. The van der Waals surface area contributed by atoms with Gasteiger partial charge in [-0.05, 0) is 43.4 Å². The first-order valence-electron chi connectivity index (χ1n) is 7.09. The minimum Gasteiger partial charge on any atom is -0.341 e. The van der Waals surface area contributed by atoms with Gasteiger partial charge in [-0.25, -0.2) is 0 Å². The molecule has 100 valence electrons. The fraction of sp³-hybridized carbons (Fsp3) is 0.867. The molecule has 0 N–H and O–H groups in total. The Hall–Kier alpha value is -1.04. The number of rotatable bonds is 1. The molecule has 18 heavy (non-hydrogen) atoms. The second-order valence-corrected chi connectivity index (χ2v) is 7.02. The van der Waals surface area contributed by atoms with Gasteiger partial charge < -0.3 is 4.90 Å². The Morgan fingerprint density at radius 1 is 1.28 bits per heavy atom. The van der Waals surface area contributed by atoms with E-state index >= 15 is 0 Å². The van der Waals surface area contributed by atoms with E-state index in [4.69, 9.17) is 0 Å². The minimum atomic E-state index is -0.687. The van der Waals surface area contributed by atoms with Gasteiger partial charge in [0, 0.05) is 13.1 Å². The first-order chi connectivity index (χ1) is 8.38. The maximum Gasteiger partial charge on any atom is 0.243 e. The normalized spacial score (nSPS) is 35.2. The number of likely N-dealkylation sites (tertiary alicyclic amines) is 1. The zero-order valence-corrected chi connectivity index (χ0v) is 11.8. The molecule has 3 heteroatoms. The van der Waals surface area contributed by atoms with E-state index < -0.39 is 5.41 Å². The van der Waals surface area contributed by atoms with Gasteiger partial charge in [-0.15, -0.1) is 0 Å². The van der Waals surface area contributed by atoms with Crippen molar-refractivity contribution in [2.75, 3.05) is 13.1 Å². The van der Waals surface area contributed by atoms with Crippen molar-refractivity contribution in [1.29, 1.82) is 5.26 Å². The van der Waals surface area contributed by atoms with E-state index in [-0.39, 0.29) is 5.91 Å². The van der Waals surface area contributed by atoms with Gasteiger partial charge in [0.2, 0.25) is 5.91 Å². The van der Waals surface area contributed by atoms with E-state index in [2.05, 4.69) is 26.8 Å². The molecule has 1 saturated heterocycles. The second-order valence-electron chi connectivity index (χ2n) is 7.02. The Morgan fingerprint density at radius 2 is 1.94 bits per heavy atom. The van der Waals surface area contributed by atoms with Gasteiger partial charge in [0.05, 0.1) is 6.07 Å². The molecule has 2 aliphatic rings. The van der Waals surface area contributed by atoms with Crippen LogP contribution in [0.25, 0.3) is 0 Å². The highest BCUT2D eigenvalue weighted by atomic mass is 16.2. The zero-order chi connectivity index (χ0) is 13.4. The van der Waals surface area contributed by atoms with E-state index in [1.165, 1.54) is 6.42 Å². The molecule has 1 amide bonds. The third kappa shape index (κ3) is 2.39. The number of nitrogens with zero attached hydrogens (tertiary/aromatic N) is 2. The zero-order valence-electron chi connectivity index (χ0n) is 11.8. The molecule has 2 rings (SSSR count). The molecule has 0 bridgehead atoms. The molecule has 0 unspecified atom stereocenters. The Bertz CT molecular complexity index is 374. The number of carbonyl (C=O) groups is 1. The highest BCUT2D eigenvalue weighted by Gasteiger charge is 2.50. The van der Waals surface area contributed by atoms with Crippen molar-refractivity contribution in [3.05, 3.63) is 0 Å². The Kier molecular flexibility index (Phi) is 3.40. The molecular formula is C15H24N2O. The van der Waals surface area contributed by atoms with Gasteiger partial charge in [-0.1, -0.05) is 20.8 Å². The second kappa shape index (κ2) is 4.57. The molecular weight excluding hydrogens is 224 g/mol. The van der Waals surface area contributed by atoms with Crippen molar-refractivity contribution in [3.63, 3.8) is 0 Å². The largest absolute Gasteiger partial charge is 0.341 e. The van der Waals surface area contributed by atoms with Gasteiger partial charge in [0.1, 0.15) is 5.41 Å². The van der Waals surface area contributed by atoms with Gasteiger partial charge in [-0.3, -0.25) is 4.79 Å². The van der Waals surface area contributed by atoms with Gasteiger partial charge >= 0.3 is 0 Å². The van der Waals surface area contributed by atoms with E-state index in [0.29, 0.717) is 11.3 Å². The molecule has 2 fully saturated rings. The van der Waals surface area contributed by atoms with Crippen molar-refractivity contribution in [1.82, 2.24) is 4.90 Å². The lowest BCUT2D eigenvalue weighted by Crippen LogP contribution is -2.50. The molecule has 3 nitrogen and oxygen atoms in total. The summed E-state index contributed by atoms with van der Waals surface area (Å²) in [6.07, 6.45) is 4.79. The Labute approximate surface area is 110 Å². The highest BCUT2D eigenvalue weighted by Crippen LogP contribution is 2.46. The lowest BCUT2D eigenvalue weighted by Gasteiger charge is -2.42. The van der Waals surface area contributed by atoms with Crippen molar-refractivity contribution < 1.29 is 4.79 Å². The standard InChI is InChI=1S/C15H24N2O/c1-12-9-15(10-12,11-16)13(18)17-7-4-5-14(2,3)6-8-17/h12H,4-10H2,1-3H3. The maximum absolute atomic E-state index is 12.5. The van der Waals surface area contributed by atoms with Crippen LogP contribution in [0.2, 0.25) is 0 Å². The maximum atomic E-state index is 12.5. The van der Waals surface area contributed by atoms with Gasteiger partial charge in [0.15, 0.2) is 0 Å². The van der Waals surface area contributed by atoms with Crippen LogP contribution in [0.15, 0.2) is 0 Å². The van der Waals surface area contributed by atoms with Crippen molar-refractivity contribution in [2.45, 2.75) is 52.9 Å². The predicted octanol–water partition coefficient (Wildman–Crippen LogP) is 2.96. The molecule has 0 spiro atoms. The molecule has 0 aromatic heterocycles. The van der Waals surface area contributed by atoms with Crippen LogP contribution in [0, 0.1) is 28.1 Å². The molecule has 1 heterocycles. The van der Waals surface area contributed by atoms with Crippen LogP contribution in [-0.4, -0.2) is 23.9 Å². The number of carbonyl (C=O) groups excluding carboxylic acids is 1. The van der Waals surface area contributed by atoms with Gasteiger partial charge in [-0.2, -0.15) is 5.26 Å². The average Bonchev–Trinajstić information content (AvgIpc) is 2.45. The van der Waals surface area contributed by atoms with Crippen molar-refractivity contribution in [2.24, 2.45) is 16.7 Å². The third-order valence-corrected chi connectivity index (χ3v) is 4.64. The first-order valence-corrected chi connectivity index (χ1v) is 7.09. The summed E-state index contributed by atoms with van der Waals surface area (Å²) in [7, 11) is 0. The summed E-state index contributed by atoms with van der Waals surface area (Å²) in [6, 6.07) is 2.29. The third-order valence-electron chi connectivity index (χ3n) is 4.64. The van der Waals surface area contributed by atoms with Crippen LogP contribution in [0.5, 0.6) is 0 Å². The monoisotopic (exact) mass is 248 g/mol. The molecule has 1 aliphatic carbocycles. The topological polar surface area (TPSA) is 44.1 Å². The van der Waals surface area contributed by atoms with E-state index in [0.717, 1.165) is 38.8 Å². The number of amides is 1. The SMILES string of the molecule is CC1CC(C#N)(C(=O)N2CCCC(C)(C)CC2)C1. The van der Waals surface area contributed by atoms with E-state index in [1.807, 2.05) is 4.90 Å². The van der Waals surface area contributed by atoms with Crippen LogP contribution < -0.4 is 0 Å². The molecule has 0 atom stereocenters. The fourth-order valence-electron chi connectivity index (χ4n) is 3.37. The molecule has 0 radical (unpaired) electrons. The van der Waals surface area contributed by atoms with Crippen LogP contribution in [0.1, 0.15) is 52.9 Å². The van der Waals surface area contributed by atoms with Crippen LogP contribution >= 0.6 is 0 Å². The summed E-state index contributed by atoms with van der Waals surface area (Å²) in [5.74, 6) is 0.623. The quantitative estimate of drug-likeness (QED) is 0.716. The number of hydrogen-bond acceptors (Lipinski definition) is 2. The summed E-state index contributed by atoms with van der Waals surface area (Å²) in [4.78, 5) is 14.5. The first kappa shape index (κ1) is 13.4. The Balaban J connectivity index is 2.04. The van der Waals surface area contributed by atoms with E-state index in [9.17, 15) is 10.1 Å². The predicted molar refractivity (Wildman–Crippen MR) is 70.7 cm³/mol. The van der Waals surface area contributed by atoms with Crippen LogP contribution in [0.3, 0.4) is 0 Å². The summed E-state index contributed by atoms with van der Waals surface area (Å²) in [5, 5.41) is 9.33. The highest BCUT2D eigenvalue weighted by molar-refractivity contribution is 5.86. The lowest BCUT2D eigenvalue weighted by atomic mass is 9.62. The lowest BCUT2D eigenvalue weighted by molar-refractivity contribution is -0.145. The Morgan fingerprint density at radius 3 is 2.50 bits per heavy atom. The van der Waals surface area contributed by atoms with Crippen LogP contribution in [-0.2, 0) is 4.79 Å². The summed E-state index contributed by atoms with van der Waals surface area (Å²) in [6.45, 7) is 8.32. The number of hydrogen-bond donors (Lipinski definition) is 0. The summed E-state index contributed by atoms with van der Waals surface area (Å²) >= 11 is 0.